The number of ether oxygens (including phenoxy) is 1. The van der Waals surface area contributed by atoms with Gasteiger partial charge in [-0.1, -0.05) is 41.6 Å². The lowest BCUT2D eigenvalue weighted by atomic mass is 10.2. The van der Waals surface area contributed by atoms with Gasteiger partial charge >= 0.3 is 0 Å². The molecule has 9 heteroatoms. The van der Waals surface area contributed by atoms with E-state index in [1.54, 1.807) is 48.7 Å². The Morgan fingerprint density at radius 3 is 2.66 bits per heavy atom. The molecular weight excluding hydrogens is 430 g/mol. The minimum atomic E-state index is -0.346. The zero-order valence-corrected chi connectivity index (χ0v) is 17.6. The third-order valence-corrected chi connectivity index (χ3v) is 5.86. The Bertz CT molecular complexity index is 1220. The van der Waals surface area contributed by atoms with E-state index in [2.05, 4.69) is 4.98 Å². The van der Waals surface area contributed by atoms with Gasteiger partial charge in [-0.3, -0.25) is 18.9 Å². The fraction of sp³-hybridized carbons (Fsp3) is 0.100. The average molecular weight is 444 g/mol. The standard InChI is InChI=1S/C20H14ClN3O3S2/c1-2-23-19(26)15(29-20(23)28)11-14-17(27-13-8-6-12(21)7-9-13)22-16-5-3-4-10-24(16)18(14)25/h3-11H,2H2,1H3. The van der Waals surface area contributed by atoms with E-state index in [0.717, 1.165) is 11.8 Å². The lowest BCUT2D eigenvalue weighted by Crippen LogP contribution is -2.27. The summed E-state index contributed by atoms with van der Waals surface area (Å²) < 4.78 is 7.74. The van der Waals surface area contributed by atoms with Gasteiger partial charge in [0.25, 0.3) is 11.5 Å². The molecule has 3 aromatic rings. The number of hydrogen-bond acceptors (Lipinski definition) is 6. The van der Waals surface area contributed by atoms with E-state index in [0.29, 0.717) is 32.2 Å². The fourth-order valence-electron chi connectivity index (χ4n) is 2.80. The molecule has 29 heavy (non-hydrogen) atoms. The smallest absolute Gasteiger partial charge is 0.269 e. The first kappa shape index (κ1) is 19.6. The summed E-state index contributed by atoms with van der Waals surface area (Å²) in [5, 5.41) is 0.562. The number of likely N-dealkylation sites (N-methyl/N-ethyl adjacent to an activating group) is 1. The van der Waals surface area contributed by atoms with Crippen LogP contribution in [-0.4, -0.2) is 31.1 Å². The number of carbonyl (C=O) groups is 1. The van der Waals surface area contributed by atoms with Crippen LogP contribution in [0.15, 0.2) is 58.4 Å². The minimum absolute atomic E-state index is 0.102. The lowest BCUT2D eigenvalue weighted by Gasteiger charge is -2.11. The zero-order chi connectivity index (χ0) is 20.5. The van der Waals surface area contributed by atoms with E-state index in [1.807, 2.05) is 6.92 Å². The second-order valence-corrected chi connectivity index (χ2v) is 8.16. The van der Waals surface area contributed by atoms with Crippen molar-refractivity contribution in [3.8, 4) is 11.6 Å². The summed E-state index contributed by atoms with van der Waals surface area (Å²) in [5.74, 6) is 0.333. The molecule has 0 unspecified atom stereocenters. The molecule has 1 aliphatic rings. The monoisotopic (exact) mass is 443 g/mol. The van der Waals surface area contributed by atoms with Crippen LogP contribution in [0.25, 0.3) is 11.7 Å². The van der Waals surface area contributed by atoms with E-state index in [9.17, 15) is 9.59 Å². The van der Waals surface area contributed by atoms with Gasteiger partial charge in [-0.25, -0.2) is 0 Å². The summed E-state index contributed by atoms with van der Waals surface area (Å²) in [6.45, 7) is 2.31. The summed E-state index contributed by atoms with van der Waals surface area (Å²) in [6, 6.07) is 11.9. The van der Waals surface area contributed by atoms with Crippen LogP contribution < -0.4 is 10.3 Å². The highest BCUT2D eigenvalue weighted by Gasteiger charge is 2.31. The number of aromatic nitrogens is 2. The second-order valence-electron chi connectivity index (χ2n) is 6.05. The quantitative estimate of drug-likeness (QED) is 0.441. The Morgan fingerprint density at radius 1 is 1.21 bits per heavy atom. The minimum Gasteiger partial charge on any atom is -0.438 e. The average Bonchev–Trinajstić information content (AvgIpc) is 2.99. The van der Waals surface area contributed by atoms with Gasteiger partial charge in [0.05, 0.1) is 4.91 Å². The van der Waals surface area contributed by atoms with Crippen LogP contribution in [0.4, 0.5) is 0 Å². The van der Waals surface area contributed by atoms with Crippen LogP contribution in [-0.2, 0) is 4.79 Å². The number of amides is 1. The number of carbonyl (C=O) groups excluding carboxylic acids is 1. The molecule has 0 saturated carbocycles. The van der Waals surface area contributed by atoms with Crippen molar-refractivity contribution in [3.63, 3.8) is 0 Å². The maximum Gasteiger partial charge on any atom is 0.269 e. The molecule has 146 valence electrons. The molecule has 1 aliphatic heterocycles. The third-order valence-electron chi connectivity index (χ3n) is 4.23. The number of rotatable bonds is 4. The predicted molar refractivity (Wildman–Crippen MR) is 119 cm³/mol. The highest BCUT2D eigenvalue weighted by atomic mass is 35.5. The molecule has 0 aliphatic carbocycles. The van der Waals surface area contributed by atoms with Crippen LogP contribution in [0.2, 0.25) is 5.02 Å². The Kier molecular flexibility index (Phi) is 5.40. The molecule has 0 radical (unpaired) electrons. The van der Waals surface area contributed by atoms with E-state index in [1.165, 1.54) is 15.4 Å². The zero-order valence-electron chi connectivity index (χ0n) is 15.2. The van der Waals surface area contributed by atoms with E-state index in [-0.39, 0.29) is 22.9 Å². The van der Waals surface area contributed by atoms with Crippen molar-refractivity contribution < 1.29 is 9.53 Å². The van der Waals surface area contributed by atoms with E-state index < -0.39 is 0 Å². The SMILES string of the molecule is CCN1C(=O)C(=Cc2c(Oc3ccc(Cl)cc3)nc3ccccn3c2=O)SC1=S. The van der Waals surface area contributed by atoms with Crippen LogP contribution >= 0.6 is 35.6 Å². The van der Waals surface area contributed by atoms with E-state index in [4.69, 9.17) is 28.6 Å². The van der Waals surface area contributed by atoms with Gasteiger partial charge in [-0.2, -0.15) is 4.98 Å². The summed E-state index contributed by atoms with van der Waals surface area (Å²) in [6.07, 6.45) is 3.11. The number of nitrogens with zero attached hydrogens (tertiary/aromatic N) is 3. The molecule has 2 aromatic heterocycles. The van der Waals surface area contributed by atoms with Gasteiger partial charge in [-0.05, 0) is 49.4 Å². The van der Waals surface area contributed by atoms with Crippen molar-refractivity contribution in [3.05, 3.63) is 74.5 Å². The molecule has 0 bridgehead atoms. The van der Waals surface area contributed by atoms with Crippen LogP contribution in [0.1, 0.15) is 12.5 Å². The van der Waals surface area contributed by atoms with Crippen LogP contribution in [0, 0.1) is 0 Å². The van der Waals surface area contributed by atoms with Crippen LogP contribution in [0.5, 0.6) is 11.6 Å². The summed E-state index contributed by atoms with van der Waals surface area (Å²) in [7, 11) is 0. The number of halogens is 1. The Balaban J connectivity index is 1.87. The van der Waals surface area contributed by atoms with Crippen molar-refractivity contribution in [2.75, 3.05) is 6.54 Å². The molecule has 0 atom stereocenters. The topological polar surface area (TPSA) is 63.9 Å². The molecule has 1 amide bonds. The third kappa shape index (κ3) is 3.78. The maximum absolute atomic E-state index is 13.1. The largest absolute Gasteiger partial charge is 0.438 e. The van der Waals surface area contributed by atoms with Gasteiger partial charge < -0.3 is 4.74 Å². The molecule has 1 aromatic carbocycles. The first-order valence-corrected chi connectivity index (χ1v) is 10.3. The molecular formula is C20H14ClN3O3S2. The van der Waals surface area contributed by atoms with Gasteiger partial charge in [0, 0.05) is 17.8 Å². The Hall–Kier alpha value is -2.68. The normalized spacial score (nSPS) is 15.5. The van der Waals surface area contributed by atoms with Crippen molar-refractivity contribution >= 4 is 57.5 Å². The van der Waals surface area contributed by atoms with Crippen molar-refractivity contribution in [2.24, 2.45) is 0 Å². The Morgan fingerprint density at radius 2 is 1.97 bits per heavy atom. The number of fused-ring (bicyclic) bond motifs is 1. The summed E-state index contributed by atoms with van der Waals surface area (Å²) >= 11 is 12.3. The van der Waals surface area contributed by atoms with Gasteiger partial charge in [0.15, 0.2) is 0 Å². The van der Waals surface area contributed by atoms with Gasteiger partial charge in [0.1, 0.15) is 21.3 Å². The second kappa shape index (κ2) is 7.98. The van der Waals surface area contributed by atoms with Gasteiger partial charge in [0.2, 0.25) is 5.88 Å². The maximum atomic E-state index is 13.1. The molecule has 1 saturated heterocycles. The summed E-state index contributed by atoms with van der Waals surface area (Å²) in [5.41, 5.74) is 0.251. The van der Waals surface area contributed by atoms with Crippen molar-refractivity contribution in [1.82, 2.24) is 14.3 Å². The number of pyridine rings is 1. The fourth-order valence-corrected chi connectivity index (χ4v) is 4.29. The molecule has 4 rings (SSSR count). The molecule has 3 heterocycles. The van der Waals surface area contributed by atoms with Crippen molar-refractivity contribution in [2.45, 2.75) is 6.92 Å². The highest BCUT2D eigenvalue weighted by Crippen LogP contribution is 2.33. The molecule has 1 fully saturated rings. The number of hydrogen-bond donors (Lipinski definition) is 0. The first-order valence-electron chi connectivity index (χ1n) is 8.68. The predicted octanol–water partition coefficient (Wildman–Crippen LogP) is 4.36. The summed E-state index contributed by atoms with van der Waals surface area (Å²) in [4.78, 5) is 32.0. The molecule has 0 spiro atoms. The molecule has 0 N–H and O–H groups in total. The van der Waals surface area contributed by atoms with Gasteiger partial charge in [-0.15, -0.1) is 0 Å². The first-order chi connectivity index (χ1) is 14.0. The van der Waals surface area contributed by atoms with Crippen molar-refractivity contribution in [1.29, 1.82) is 0 Å². The van der Waals surface area contributed by atoms with Crippen LogP contribution in [0.3, 0.4) is 0 Å². The number of thiocarbonyl (C=S) groups is 1. The van der Waals surface area contributed by atoms with E-state index >= 15 is 0 Å². The number of thioether (sulfide) groups is 1. The highest BCUT2D eigenvalue weighted by molar-refractivity contribution is 8.26. The molecule has 6 nitrogen and oxygen atoms in total. The lowest BCUT2D eigenvalue weighted by molar-refractivity contribution is -0.121. The Labute approximate surface area is 180 Å². The number of benzene rings is 1.